The number of likely N-dealkylation sites (tertiary alicyclic amines) is 1. The van der Waals surface area contributed by atoms with Crippen LogP contribution in [0.2, 0.25) is 0 Å². The number of carbonyl (C=O) groups excluding carboxylic acids is 2. The minimum atomic E-state index is -4.41. The van der Waals surface area contributed by atoms with Crippen LogP contribution >= 0.6 is 0 Å². The van der Waals surface area contributed by atoms with Gasteiger partial charge in [0.15, 0.2) is 0 Å². The van der Waals surface area contributed by atoms with Crippen molar-refractivity contribution in [1.82, 2.24) is 14.7 Å². The fourth-order valence-corrected chi connectivity index (χ4v) is 5.68. The minimum Gasteiger partial charge on any atom is -0.369 e. The highest BCUT2D eigenvalue weighted by Crippen LogP contribution is 2.45. The van der Waals surface area contributed by atoms with Crippen LogP contribution in [0.5, 0.6) is 0 Å². The number of amides is 2. The number of nitrogens with two attached hydrogens (primary N) is 1. The zero-order valence-corrected chi connectivity index (χ0v) is 18.9. The molecule has 6 nitrogen and oxygen atoms in total. The normalized spacial score (nSPS) is 25.5. The highest BCUT2D eigenvalue weighted by molar-refractivity contribution is 5.95. The van der Waals surface area contributed by atoms with Gasteiger partial charge in [-0.2, -0.15) is 18.3 Å². The molecular weight excluding hydrogens is 445 g/mol. The molecule has 1 aliphatic heterocycles. The van der Waals surface area contributed by atoms with Crippen LogP contribution in [0.1, 0.15) is 90.0 Å². The highest BCUT2D eigenvalue weighted by atomic mass is 19.4. The zero-order chi connectivity index (χ0) is 24.0. The van der Waals surface area contributed by atoms with E-state index in [0.717, 1.165) is 50.3 Å². The second-order valence-corrected chi connectivity index (χ2v) is 9.89. The van der Waals surface area contributed by atoms with E-state index in [-0.39, 0.29) is 41.8 Å². The maximum absolute atomic E-state index is 13.5. The van der Waals surface area contributed by atoms with Crippen molar-refractivity contribution in [3.8, 4) is 0 Å². The Morgan fingerprint density at radius 2 is 1.68 bits per heavy atom. The van der Waals surface area contributed by atoms with Crippen molar-refractivity contribution < 1.29 is 22.8 Å². The van der Waals surface area contributed by atoms with E-state index in [1.807, 2.05) is 4.68 Å². The number of nitrogens with zero attached hydrogens (tertiary/aromatic N) is 3. The number of benzene rings is 1. The first kappa shape index (κ1) is 22.9. The maximum Gasteiger partial charge on any atom is 0.416 e. The summed E-state index contributed by atoms with van der Waals surface area (Å²) in [7, 11) is 0. The van der Waals surface area contributed by atoms with E-state index in [1.54, 1.807) is 17.2 Å². The number of carbonyl (C=O) groups is 2. The molecule has 3 fully saturated rings. The van der Waals surface area contributed by atoms with Crippen LogP contribution in [-0.4, -0.2) is 39.6 Å². The summed E-state index contributed by atoms with van der Waals surface area (Å²) in [4.78, 5) is 26.7. The third-order valence-corrected chi connectivity index (χ3v) is 7.65. The molecule has 5 rings (SSSR count). The lowest BCUT2D eigenvalue weighted by Gasteiger charge is -2.28. The van der Waals surface area contributed by atoms with Crippen LogP contribution in [-0.2, 0) is 11.0 Å². The highest BCUT2D eigenvalue weighted by Gasteiger charge is 2.40. The lowest BCUT2D eigenvalue weighted by Crippen LogP contribution is -2.30. The fourth-order valence-electron chi connectivity index (χ4n) is 5.68. The molecule has 1 atom stereocenters. The number of halogens is 3. The second-order valence-electron chi connectivity index (χ2n) is 9.89. The summed E-state index contributed by atoms with van der Waals surface area (Å²) < 4.78 is 42.5. The SMILES string of the molecule is NC(=O)[C@H]1CC[C@H](n2ncc(C(=O)N3CC[C@@H](c4ccccc4C(F)(F)F)C3)c2C2CC2)CC1. The van der Waals surface area contributed by atoms with E-state index in [4.69, 9.17) is 5.73 Å². The topological polar surface area (TPSA) is 81.2 Å². The molecular formula is C25H29F3N4O2. The van der Waals surface area contributed by atoms with Gasteiger partial charge in [-0.15, -0.1) is 0 Å². The molecule has 2 amide bonds. The summed E-state index contributed by atoms with van der Waals surface area (Å²) in [5.74, 6) is -0.554. The largest absolute Gasteiger partial charge is 0.416 e. The first-order valence-electron chi connectivity index (χ1n) is 12.1. The van der Waals surface area contributed by atoms with Crippen molar-refractivity contribution in [2.45, 2.75) is 69.0 Å². The molecule has 2 saturated carbocycles. The second kappa shape index (κ2) is 8.74. The average molecular weight is 475 g/mol. The van der Waals surface area contributed by atoms with E-state index in [9.17, 15) is 22.8 Å². The van der Waals surface area contributed by atoms with Crippen molar-refractivity contribution in [1.29, 1.82) is 0 Å². The van der Waals surface area contributed by atoms with Crippen LogP contribution in [0, 0.1) is 5.92 Å². The Bertz CT molecular complexity index is 1080. The summed E-state index contributed by atoms with van der Waals surface area (Å²) in [6, 6.07) is 5.80. The Labute approximate surface area is 196 Å². The lowest BCUT2D eigenvalue weighted by molar-refractivity contribution is -0.138. The number of aromatic nitrogens is 2. The number of hydrogen-bond donors (Lipinski definition) is 1. The van der Waals surface area contributed by atoms with E-state index in [2.05, 4.69) is 5.10 Å². The molecule has 1 aromatic heterocycles. The number of alkyl halides is 3. The van der Waals surface area contributed by atoms with Crippen molar-refractivity contribution >= 4 is 11.8 Å². The molecule has 34 heavy (non-hydrogen) atoms. The van der Waals surface area contributed by atoms with Gasteiger partial charge in [0.1, 0.15) is 0 Å². The molecule has 1 saturated heterocycles. The van der Waals surface area contributed by atoms with Gasteiger partial charge in [0.2, 0.25) is 5.91 Å². The molecule has 1 aromatic carbocycles. The van der Waals surface area contributed by atoms with Crippen LogP contribution in [0.3, 0.4) is 0 Å². The molecule has 9 heteroatoms. The Morgan fingerprint density at radius 3 is 2.32 bits per heavy atom. The van der Waals surface area contributed by atoms with Gasteiger partial charge in [0.25, 0.3) is 5.91 Å². The zero-order valence-electron chi connectivity index (χ0n) is 18.9. The Morgan fingerprint density at radius 1 is 0.971 bits per heavy atom. The van der Waals surface area contributed by atoms with Gasteiger partial charge in [-0.3, -0.25) is 14.3 Å². The molecule has 2 N–H and O–H groups in total. The lowest BCUT2D eigenvalue weighted by atomic mass is 9.85. The van der Waals surface area contributed by atoms with Gasteiger partial charge in [-0.1, -0.05) is 18.2 Å². The molecule has 2 aromatic rings. The summed E-state index contributed by atoms with van der Waals surface area (Å²) in [5.41, 5.74) is 6.63. The maximum atomic E-state index is 13.5. The summed E-state index contributed by atoms with van der Waals surface area (Å²) in [6.07, 6.45) is 2.76. The summed E-state index contributed by atoms with van der Waals surface area (Å²) in [6.45, 7) is 0.694. The Kier molecular flexibility index (Phi) is 5.90. The van der Waals surface area contributed by atoms with Gasteiger partial charge in [-0.05, 0) is 56.6 Å². The van der Waals surface area contributed by atoms with Gasteiger partial charge in [0.05, 0.1) is 29.1 Å². The van der Waals surface area contributed by atoms with Gasteiger partial charge in [0, 0.05) is 30.8 Å². The van der Waals surface area contributed by atoms with Crippen LogP contribution in [0.15, 0.2) is 30.5 Å². The molecule has 0 bridgehead atoms. The summed E-state index contributed by atoms with van der Waals surface area (Å²) >= 11 is 0. The predicted molar refractivity (Wildman–Crippen MR) is 119 cm³/mol. The minimum absolute atomic E-state index is 0.0987. The first-order valence-corrected chi connectivity index (χ1v) is 12.1. The van der Waals surface area contributed by atoms with E-state index < -0.39 is 11.7 Å². The van der Waals surface area contributed by atoms with Crippen molar-refractivity contribution in [2.24, 2.45) is 11.7 Å². The number of hydrogen-bond acceptors (Lipinski definition) is 3. The first-order chi connectivity index (χ1) is 16.2. The molecule has 182 valence electrons. The quantitative estimate of drug-likeness (QED) is 0.686. The molecule has 0 radical (unpaired) electrons. The fraction of sp³-hybridized carbons (Fsp3) is 0.560. The number of primary amides is 1. The predicted octanol–water partition coefficient (Wildman–Crippen LogP) is 4.63. The van der Waals surface area contributed by atoms with E-state index in [0.29, 0.717) is 24.4 Å². The van der Waals surface area contributed by atoms with Crippen molar-refractivity contribution in [3.63, 3.8) is 0 Å². The monoisotopic (exact) mass is 474 g/mol. The number of rotatable bonds is 5. The summed E-state index contributed by atoms with van der Waals surface area (Å²) in [5, 5.41) is 4.59. The van der Waals surface area contributed by atoms with Gasteiger partial charge in [-0.25, -0.2) is 0 Å². The molecule has 0 unspecified atom stereocenters. The third-order valence-electron chi connectivity index (χ3n) is 7.65. The Hall–Kier alpha value is -2.84. The smallest absolute Gasteiger partial charge is 0.369 e. The van der Waals surface area contributed by atoms with Crippen LogP contribution in [0.4, 0.5) is 13.2 Å². The standard InChI is InChI=1S/C25H29F3N4O2/c26-25(27,28)21-4-2-1-3-19(21)17-11-12-31(14-17)24(34)20-13-30-32(22(20)15-5-6-15)18-9-7-16(8-10-18)23(29)33/h1-4,13,15-18H,5-12,14H2,(H2,29,33)/t16-,17-,18-/m1/s1. The van der Waals surface area contributed by atoms with Gasteiger partial charge < -0.3 is 10.6 Å². The van der Waals surface area contributed by atoms with Crippen molar-refractivity contribution in [3.05, 3.63) is 52.8 Å². The van der Waals surface area contributed by atoms with E-state index >= 15 is 0 Å². The van der Waals surface area contributed by atoms with Crippen LogP contribution < -0.4 is 5.73 Å². The Balaban J connectivity index is 1.34. The van der Waals surface area contributed by atoms with Crippen molar-refractivity contribution in [2.75, 3.05) is 13.1 Å². The molecule has 0 spiro atoms. The molecule has 3 aliphatic rings. The van der Waals surface area contributed by atoms with Crippen LogP contribution in [0.25, 0.3) is 0 Å². The van der Waals surface area contributed by atoms with E-state index in [1.165, 1.54) is 12.1 Å². The third kappa shape index (κ3) is 4.32. The van der Waals surface area contributed by atoms with Gasteiger partial charge >= 0.3 is 6.18 Å². The molecule has 2 aliphatic carbocycles. The average Bonchev–Trinajstić information content (AvgIpc) is 3.36. The molecule has 2 heterocycles.